The largest absolute Gasteiger partial charge is 0.120 e. The van der Waals surface area contributed by atoms with Crippen molar-refractivity contribution in [2.45, 2.75) is 67.9 Å². The molecule has 2 aromatic rings. The predicted octanol–water partition coefficient (Wildman–Crippen LogP) is 9.03. The Morgan fingerprint density at radius 3 is 2.12 bits per heavy atom. The summed E-state index contributed by atoms with van der Waals surface area (Å²) in [5.74, 6) is 0. The van der Waals surface area contributed by atoms with E-state index in [1.54, 1.807) is 0 Å². The third kappa shape index (κ3) is 3.72. The maximum Gasteiger partial charge on any atom is 0.120 e. The van der Waals surface area contributed by atoms with E-state index in [-0.39, 0.29) is 14.2 Å². The topological polar surface area (TPSA) is 0 Å². The Labute approximate surface area is 207 Å². The van der Waals surface area contributed by atoms with Crippen LogP contribution in [0.5, 0.6) is 0 Å². The van der Waals surface area contributed by atoms with Crippen LogP contribution in [0.1, 0.15) is 49.4 Å². The van der Waals surface area contributed by atoms with Crippen LogP contribution < -0.4 is 0 Å². The first kappa shape index (κ1) is 24.1. The number of hydrogen-bond acceptors (Lipinski definition) is 0. The van der Waals surface area contributed by atoms with Crippen molar-refractivity contribution in [2.24, 2.45) is 5.41 Å². The van der Waals surface area contributed by atoms with Crippen molar-refractivity contribution in [3.63, 3.8) is 0 Å². The van der Waals surface area contributed by atoms with E-state index in [1.807, 2.05) is 0 Å². The maximum absolute atomic E-state index is 8.09. The molecule has 0 spiro atoms. The molecule has 2 aromatic carbocycles. The van der Waals surface area contributed by atoms with Gasteiger partial charge in [0.15, 0.2) is 0 Å². The molecule has 0 saturated heterocycles. The molecule has 32 heavy (non-hydrogen) atoms. The minimum atomic E-state index is -2.52. The Morgan fingerprint density at radius 2 is 1.50 bits per heavy atom. The van der Waals surface area contributed by atoms with E-state index < -0.39 is 17.1 Å². The standard InChI is InChI=1S/C28H35Cl2Si2/c1-26(2,3)20-32(6,27(29)17-15-21-11-7-9-13-24(21)27)28(30)23(16-18-31(4)5)19-22-12-8-10-14-25(22)28/h7-15,17,19H,16,18,20H2,1-6H3. The molecular weight excluding hydrogens is 463 g/mol. The number of benzene rings is 2. The molecule has 2 aliphatic carbocycles. The molecule has 2 aliphatic rings. The molecule has 0 bridgehead atoms. The maximum atomic E-state index is 8.09. The number of halogens is 2. The molecule has 0 heterocycles. The molecule has 0 amide bonds. The summed E-state index contributed by atoms with van der Waals surface area (Å²) in [5, 5.41) is 0. The smallest absolute Gasteiger partial charge is 0.113 e. The molecule has 4 heteroatoms. The van der Waals surface area contributed by atoms with Gasteiger partial charge in [-0.1, -0.05) is 113 Å². The van der Waals surface area contributed by atoms with E-state index in [1.165, 1.54) is 33.9 Å². The first-order chi connectivity index (χ1) is 14.9. The van der Waals surface area contributed by atoms with Crippen molar-refractivity contribution in [1.29, 1.82) is 0 Å². The monoisotopic (exact) mass is 497 g/mol. The normalized spacial score (nSPS) is 26.1. The molecule has 0 fully saturated rings. The second kappa shape index (κ2) is 8.30. The number of hydrogen-bond donors (Lipinski definition) is 0. The fourth-order valence-corrected chi connectivity index (χ4v) is 14.9. The summed E-state index contributed by atoms with van der Waals surface area (Å²) in [6.45, 7) is 14.3. The lowest BCUT2D eigenvalue weighted by Crippen LogP contribution is -2.63. The molecule has 4 rings (SSSR count). The molecule has 1 radical (unpaired) electrons. The van der Waals surface area contributed by atoms with Gasteiger partial charge in [0.2, 0.25) is 0 Å². The lowest BCUT2D eigenvalue weighted by Gasteiger charge is -2.53. The first-order valence-electron chi connectivity index (χ1n) is 11.7. The summed E-state index contributed by atoms with van der Waals surface area (Å²) in [5.41, 5.74) is 6.53. The summed E-state index contributed by atoms with van der Waals surface area (Å²) in [6.07, 6.45) is 7.95. The SMILES string of the molecule is C[Si](C)CCC1=Cc2ccccc2C1(Cl)[Si](C)(CC(C)(C)C)C1(Cl)C=Cc2ccccc21. The van der Waals surface area contributed by atoms with Crippen molar-refractivity contribution in [3.05, 3.63) is 82.4 Å². The van der Waals surface area contributed by atoms with Crippen LogP contribution in [0, 0.1) is 5.41 Å². The Bertz CT molecular complexity index is 1080. The number of allylic oxidation sites excluding steroid dienone is 2. The minimum absolute atomic E-state index is 0.114. The van der Waals surface area contributed by atoms with Crippen molar-refractivity contribution in [1.82, 2.24) is 0 Å². The third-order valence-electron chi connectivity index (χ3n) is 7.29. The highest BCUT2D eigenvalue weighted by Crippen LogP contribution is 2.63. The van der Waals surface area contributed by atoms with Gasteiger partial charge < -0.3 is 0 Å². The van der Waals surface area contributed by atoms with Crippen LogP contribution in [0.2, 0.25) is 31.7 Å². The second-order valence-electron chi connectivity index (χ2n) is 11.3. The van der Waals surface area contributed by atoms with E-state index in [9.17, 15) is 0 Å². The first-order valence-corrected chi connectivity index (χ1v) is 17.9. The van der Waals surface area contributed by atoms with Crippen LogP contribution in [0.3, 0.4) is 0 Å². The Hall–Kier alpha value is -1.07. The van der Waals surface area contributed by atoms with Gasteiger partial charge in [0, 0.05) is 8.80 Å². The Kier molecular flexibility index (Phi) is 6.25. The molecule has 0 aromatic heterocycles. The van der Waals surface area contributed by atoms with Gasteiger partial charge in [0.1, 0.15) is 8.07 Å². The molecular formula is C28H35Cl2Si2. The van der Waals surface area contributed by atoms with Gasteiger partial charge in [-0.25, -0.2) is 0 Å². The lowest BCUT2D eigenvalue weighted by molar-refractivity contribution is 0.453. The van der Waals surface area contributed by atoms with E-state index >= 15 is 0 Å². The summed E-state index contributed by atoms with van der Waals surface area (Å²) < 4.78 is -1.08. The molecule has 0 saturated carbocycles. The van der Waals surface area contributed by atoms with Crippen LogP contribution in [0.15, 0.2) is 60.2 Å². The van der Waals surface area contributed by atoms with Crippen molar-refractivity contribution in [3.8, 4) is 0 Å². The van der Waals surface area contributed by atoms with Crippen molar-refractivity contribution in [2.75, 3.05) is 0 Å². The summed E-state index contributed by atoms with van der Waals surface area (Å²) in [6, 6.07) is 19.7. The zero-order valence-corrected chi connectivity index (χ0v) is 23.7. The van der Waals surface area contributed by atoms with Crippen molar-refractivity contribution >= 4 is 52.2 Å². The highest BCUT2D eigenvalue weighted by atomic mass is 35.5. The molecule has 3 unspecified atom stereocenters. The summed E-state index contributed by atoms with van der Waals surface area (Å²) in [7, 11) is -2.87. The zero-order valence-electron chi connectivity index (χ0n) is 20.2. The van der Waals surface area contributed by atoms with E-state index in [2.05, 4.69) is 107 Å². The average molecular weight is 499 g/mol. The summed E-state index contributed by atoms with van der Waals surface area (Å²) >= 11 is 15.9. The molecule has 0 N–H and O–H groups in total. The van der Waals surface area contributed by atoms with Crippen LogP contribution >= 0.6 is 23.2 Å². The van der Waals surface area contributed by atoms with Gasteiger partial charge in [-0.2, -0.15) is 0 Å². The van der Waals surface area contributed by atoms with Gasteiger partial charge in [0.25, 0.3) is 0 Å². The van der Waals surface area contributed by atoms with E-state index in [0.717, 1.165) is 12.5 Å². The van der Waals surface area contributed by atoms with Crippen LogP contribution in [0.25, 0.3) is 12.2 Å². The van der Waals surface area contributed by atoms with Crippen molar-refractivity contribution < 1.29 is 0 Å². The number of fused-ring (bicyclic) bond motifs is 2. The van der Waals surface area contributed by atoms with E-state index in [0.29, 0.717) is 0 Å². The minimum Gasteiger partial charge on any atom is -0.113 e. The van der Waals surface area contributed by atoms with Crippen LogP contribution in [-0.4, -0.2) is 16.9 Å². The lowest BCUT2D eigenvalue weighted by atomic mass is 10.0. The predicted molar refractivity (Wildman–Crippen MR) is 148 cm³/mol. The Morgan fingerprint density at radius 1 is 0.906 bits per heavy atom. The van der Waals surface area contributed by atoms with E-state index in [4.69, 9.17) is 23.2 Å². The van der Waals surface area contributed by atoms with Gasteiger partial charge >= 0.3 is 0 Å². The highest BCUT2D eigenvalue weighted by molar-refractivity contribution is 6.96. The van der Waals surface area contributed by atoms with Crippen LogP contribution in [0.4, 0.5) is 0 Å². The van der Waals surface area contributed by atoms with Crippen LogP contribution in [-0.2, 0) is 8.99 Å². The zero-order chi connectivity index (χ0) is 23.4. The molecule has 3 atom stereocenters. The quantitative estimate of drug-likeness (QED) is 0.275. The molecule has 0 nitrogen and oxygen atoms in total. The summed E-state index contributed by atoms with van der Waals surface area (Å²) in [4.78, 5) is 0. The number of rotatable bonds is 6. The highest BCUT2D eigenvalue weighted by Gasteiger charge is 2.65. The third-order valence-corrected chi connectivity index (χ3v) is 17.7. The fourth-order valence-electron chi connectivity index (χ4n) is 5.99. The molecule has 169 valence electrons. The fraction of sp³-hybridized carbons (Fsp3) is 0.429. The second-order valence-corrected chi connectivity index (χ2v) is 20.6. The Balaban J connectivity index is 1.97. The number of alkyl halides is 2. The van der Waals surface area contributed by atoms with Gasteiger partial charge in [-0.05, 0) is 45.7 Å². The average Bonchev–Trinajstić information content (AvgIpc) is 3.22. The molecule has 0 aliphatic heterocycles. The van der Waals surface area contributed by atoms with Gasteiger partial charge in [-0.3, -0.25) is 0 Å². The van der Waals surface area contributed by atoms with Gasteiger partial charge in [-0.15, -0.1) is 23.2 Å². The van der Waals surface area contributed by atoms with Gasteiger partial charge in [0.05, 0.1) is 8.99 Å².